The van der Waals surface area contributed by atoms with Gasteiger partial charge in [0.25, 0.3) is 5.97 Å². The molecule has 2 atom stereocenters. The zero-order chi connectivity index (χ0) is 18.8. The molecular weight excluding hydrogens is 304 g/mol. The zero-order valence-corrected chi connectivity index (χ0v) is 16.6. The van der Waals surface area contributed by atoms with Gasteiger partial charge in [0.1, 0.15) is 6.10 Å². The van der Waals surface area contributed by atoms with E-state index in [2.05, 4.69) is 20.8 Å². The highest BCUT2D eigenvalue weighted by molar-refractivity contribution is 5.66. The smallest absolute Gasteiger partial charge is 0.302 e. The molecule has 0 amide bonds. The molecule has 1 N–H and O–H groups in total. The van der Waals surface area contributed by atoms with Crippen molar-refractivity contribution in [1.82, 2.24) is 0 Å². The van der Waals surface area contributed by atoms with Gasteiger partial charge in [-0.2, -0.15) is 0 Å². The van der Waals surface area contributed by atoms with Crippen molar-refractivity contribution in [2.45, 2.75) is 111 Å². The molecule has 0 fully saturated rings. The van der Waals surface area contributed by atoms with Gasteiger partial charge in [0.2, 0.25) is 0 Å². The van der Waals surface area contributed by atoms with Gasteiger partial charge in [0, 0.05) is 13.8 Å². The standard InChI is InChI=1S/C18H36O2.C2H4O2/c1-5-8-10-11-13-18(20-16(4)19)15-14-17(7-3)12-9-6-2;1-2(3)4/h17-18H,5-15H2,1-4H3;1H3,(H,3,4). The van der Waals surface area contributed by atoms with Crippen molar-refractivity contribution in [3.05, 3.63) is 0 Å². The topological polar surface area (TPSA) is 63.6 Å². The van der Waals surface area contributed by atoms with Gasteiger partial charge in [0.15, 0.2) is 0 Å². The van der Waals surface area contributed by atoms with E-state index in [1.54, 1.807) is 0 Å². The quantitative estimate of drug-likeness (QED) is 0.330. The Balaban J connectivity index is 0. The third kappa shape index (κ3) is 20.9. The molecule has 0 saturated carbocycles. The van der Waals surface area contributed by atoms with Gasteiger partial charge >= 0.3 is 5.97 Å². The fourth-order valence-electron chi connectivity index (χ4n) is 2.76. The first-order valence-corrected chi connectivity index (χ1v) is 9.73. The number of carbonyl (C=O) groups excluding carboxylic acids is 1. The van der Waals surface area contributed by atoms with Crippen LogP contribution < -0.4 is 0 Å². The highest BCUT2D eigenvalue weighted by Gasteiger charge is 2.14. The van der Waals surface area contributed by atoms with E-state index in [-0.39, 0.29) is 12.1 Å². The maximum absolute atomic E-state index is 11.2. The third-order valence-electron chi connectivity index (χ3n) is 4.15. The van der Waals surface area contributed by atoms with Gasteiger partial charge in [-0.15, -0.1) is 0 Å². The lowest BCUT2D eigenvalue weighted by molar-refractivity contribution is -0.147. The van der Waals surface area contributed by atoms with E-state index >= 15 is 0 Å². The molecule has 0 aliphatic rings. The minimum atomic E-state index is -0.833. The van der Waals surface area contributed by atoms with E-state index < -0.39 is 5.97 Å². The first kappa shape index (κ1) is 25.2. The Morgan fingerprint density at radius 1 is 0.833 bits per heavy atom. The van der Waals surface area contributed by atoms with E-state index in [1.807, 2.05) is 0 Å². The van der Waals surface area contributed by atoms with Crippen LogP contribution in [0.3, 0.4) is 0 Å². The SMILES string of the molecule is CC(=O)O.CCCCCCC(CCC(CC)CCCC)OC(C)=O. The van der Waals surface area contributed by atoms with E-state index in [0.29, 0.717) is 0 Å². The van der Waals surface area contributed by atoms with Crippen LogP contribution in [-0.4, -0.2) is 23.1 Å². The van der Waals surface area contributed by atoms with Crippen molar-refractivity contribution < 1.29 is 19.4 Å². The number of unbranched alkanes of at least 4 members (excludes halogenated alkanes) is 4. The largest absolute Gasteiger partial charge is 0.481 e. The van der Waals surface area contributed by atoms with Crippen LogP contribution in [-0.2, 0) is 14.3 Å². The summed E-state index contributed by atoms with van der Waals surface area (Å²) in [5.41, 5.74) is 0. The van der Waals surface area contributed by atoms with Gasteiger partial charge in [0.05, 0.1) is 0 Å². The van der Waals surface area contributed by atoms with E-state index in [1.165, 1.54) is 64.7 Å². The monoisotopic (exact) mass is 344 g/mol. The van der Waals surface area contributed by atoms with Crippen molar-refractivity contribution in [3.8, 4) is 0 Å². The first-order valence-electron chi connectivity index (χ1n) is 9.73. The molecule has 144 valence electrons. The second kappa shape index (κ2) is 18.3. The molecule has 24 heavy (non-hydrogen) atoms. The predicted molar refractivity (Wildman–Crippen MR) is 100 cm³/mol. The van der Waals surface area contributed by atoms with Crippen molar-refractivity contribution in [2.24, 2.45) is 5.92 Å². The molecule has 2 unspecified atom stereocenters. The second-order valence-corrected chi connectivity index (χ2v) is 6.59. The molecule has 0 aromatic carbocycles. The summed E-state index contributed by atoms with van der Waals surface area (Å²) in [4.78, 5) is 20.2. The van der Waals surface area contributed by atoms with Crippen LogP contribution in [0, 0.1) is 5.92 Å². The summed E-state index contributed by atoms with van der Waals surface area (Å²) >= 11 is 0. The fourth-order valence-corrected chi connectivity index (χ4v) is 2.76. The number of ether oxygens (including phenoxy) is 1. The molecule has 0 heterocycles. The Hall–Kier alpha value is -1.06. The van der Waals surface area contributed by atoms with Crippen molar-refractivity contribution in [1.29, 1.82) is 0 Å². The number of hydrogen-bond acceptors (Lipinski definition) is 3. The Morgan fingerprint density at radius 2 is 1.42 bits per heavy atom. The molecule has 0 aliphatic heterocycles. The Bertz CT molecular complexity index is 298. The third-order valence-corrected chi connectivity index (χ3v) is 4.15. The average Bonchev–Trinajstić information content (AvgIpc) is 2.50. The molecule has 0 bridgehead atoms. The van der Waals surface area contributed by atoms with E-state index in [9.17, 15) is 4.79 Å². The van der Waals surface area contributed by atoms with Gasteiger partial charge in [-0.3, -0.25) is 9.59 Å². The van der Waals surface area contributed by atoms with Crippen LogP contribution in [0.25, 0.3) is 0 Å². The average molecular weight is 345 g/mol. The predicted octanol–water partition coefficient (Wildman–Crippen LogP) is 5.98. The maximum atomic E-state index is 11.2. The summed E-state index contributed by atoms with van der Waals surface area (Å²) in [6, 6.07) is 0. The van der Waals surface area contributed by atoms with E-state index in [0.717, 1.165) is 25.7 Å². The lowest BCUT2D eigenvalue weighted by atomic mass is 9.92. The first-order chi connectivity index (χ1) is 11.4. The number of carboxylic acids is 1. The number of esters is 1. The Morgan fingerprint density at radius 3 is 1.88 bits per heavy atom. The summed E-state index contributed by atoms with van der Waals surface area (Å²) in [6.07, 6.45) is 13.7. The number of carbonyl (C=O) groups is 2. The van der Waals surface area contributed by atoms with Crippen LogP contribution in [0.15, 0.2) is 0 Å². The van der Waals surface area contributed by atoms with Crippen LogP contribution >= 0.6 is 0 Å². The molecule has 4 heteroatoms. The fraction of sp³-hybridized carbons (Fsp3) is 0.900. The lowest BCUT2D eigenvalue weighted by Crippen LogP contribution is -2.18. The molecule has 0 rings (SSSR count). The van der Waals surface area contributed by atoms with Gasteiger partial charge in [-0.05, 0) is 31.6 Å². The molecular formula is C20H40O4. The number of rotatable bonds is 13. The summed E-state index contributed by atoms with van der Waals surface area (Å²) in [6.45, 7) is 9.38. The summed E-state index contributed by atoms with van der Waals surface area (Å²) < 4.78 is 5.49. The van der Waals surface area contributed by atoms with Crippen molar-refractivity contribution in [2.75, 3.05) is 0 Å². The van der Waals surface area contributed by atoms with Gasteiger partial charge in [-0.1, -0.05) is 65.7 Å². The van der Waals surface area contributed by atoms with Gasteiger partial charge in [-0.25, -0.2) is 0 Å². The van der Waals surface area contributed by atoms with Crippen LogP contribution in [0.4, 0.5) is 0 Å². The molecule has 0 radical (unpaired) electrons. The number of hydrogen-bond donors (Lipinski definition) is 1. The van der Waals surface area contributed by atoms with Crippen molar-refractivity contribution >= 4 is 11.9 Å². The minimum absolute atomic E-state index is 0.118. The summed E-state index contributed by atoms with van der Waals surface area (Å²) in [7, 11) is 0. The Kier molecular flexibility index (Phi) is 19.2. The van der Waals surface area contributed by atoms with Crippen LogP contribution in [0.2, 0.25) is 0 Å². The minimum Gasteiger partial charge on any atom is -0.481 e. The molecule has 0 saturated heterocycles. The van der Waals surface area contributed by atoms with E-state index in [4.69, 9.17) is 14.6 Å². The highest BCUT2D eigenvalue weighted by Crippen LogP contribution is 2.22. The number of aliphatic carboxylic acids is 1. The molecule has 0 aromatic heterocycles. The molecule has 0 aromatic rings. The highest BCUT2D eigenvalue weighted by atomic mass is 16.5. The molecule has 0 aliphatic carbocycles. The zero-order valence-electron chi connectivity index (χ0n) is 16.6. The second-order valence-electron chi connectivity index (χ2n) is 6.59. The molecule has 0 spiro atoms. The van der Waals surface area contributed by atoms with Crippen LogP contribution in [0.5, 0.6) is 0 Å². The maximum Gasteiger partial charge on any atom is 0.302 e. The summed E-state index contributed by atoms with van der Waals surface area (Å²) in [5.74, 6) is -0.143. The molecule has 4 nitrogen and oxygen atoms in total. The number of carboxylic acid groups (broad SMARTS) is 1. The van der Waals surface area contributed by atoms with Gasteiger partial charge < -0.3 is 9.84 Å². The lowest BCUT2D eigenvalue weighted by Gasteiger charge is -2.20. The summed E-state index contributed by atoms with van der Waals surface area (Å²) in [5, 5.41) is 7.42. The Labute approximate surface area is 149 Å². The van der Waals surface area contributed by atoms with Crippen LogP contribution in [0.1, 0.15) is 105 Å². The normalized spacial score (nSPS) is 12.7. The van der Waals surface area contributed by atoms with Crippen molar-refractivity contribution in [3.63, 3.8) is 0 Å².